The third-order valence-electron chi connectivity index (χ3n) is 0.774. The molecule has 0 heterocycles. The molecule has 0 aromatic carbocycles. The van der Waals surface area contributed by atoms with Gasteiger partial charge in [-0.2, -0.15) is 12.6 Å². The number of hydrogen-bond acceptors (Lipinski definition) is 2. The van der Waals surface area contributed by atoms with Gasteiger partial charge in [-0.05, 0) is 12.8 Å². The van der Waals surface area contributed by atoms with Gasteiger partial charge >= 0.3 is 0 Å². The zero-order valence-electron chi connectivity index (χ0n) is 4.80. The van der Waals surface area contributed by atoms with Crippen LogP contribution < -0.4 is 0 Å². The highest BCUT2D eigenvalue weighted by molar-refractivity contribution is 7.80. The summed E-state index contributed by atoms with van der Waals surface area (Å²) in [6.07, 6.45) is 1.58. The normalized spacial score (nSPS) is 9.75. The van der Waals surface area contributed by atoms with E-state index < -0.39 is 0 Å². The van der Waals surface area contributed by atoms with Crippen LogP contribution in [0.3, 0.4) is 0 Å². The molecule has 0 rings (SSSR count). The van der Waals surface area contributed by atoms with Gasteiger partial charge in [0.15, 0.2) is 0 Å². The average Bonchev–Trinajstić information content (AvgIpc) is 1.81. The van der Waals surface area contributed by atoms with Crippen molar-refractivity contribution in [2.75, 3.05) is 19.2 Å². The van der Waals surface area contributed by atoms with E-state index in [2.05, 4.69) is 12.6 Å². The molecule has 1 radical (unpaired) electrons. The van der Waals surface area contributed by atoms with Crippen molar-refractivity contribution >= 4 is 12.6 Å². The molecule has 0 spiro atoms. The highest BCUT2D eigenvalue weighted by Gasteiger charge is 1.84. The van der Waals surface area contributed by atoms with E-state index in [0.29, 0.717) is 19.0 Å². The predicted molar refractivity (Wildman–Crippen MR) is 34.6 cm³/mol. The minimum absolute atomic E-state index is 0.00985. The van der Waals surface area contributed by atoms with Gasteiger partial charge in [0.1, 0.15) is 0 Å². The molecule has 0 N–H and O–H groups in total. The summed E-state index contributed by atoms with van der Waals surface area (Å²) in [4.78, 5) is 0. The van der Waals surface area contributed by atoms with Gasteiger partial charge in [-0.1, -0.05) is 0 Å². The molecule has 0 fully saturated rings. The van der Waals surface area contributed by atoms with Gasteiger partial charge in [-0.15, -0.1) is 0 Å². The first kappa shape index (κ1) is 8.27. The molecule has 0 unspecified atom stereocenters. The van der Waals surface area contributed by atoms with E-state index in [9.17, 15) is 5.11 Å². The highest BCUT2D eigenvalue weighted by atomic mass is 32.1. The largest absolute Gasteiger partial charge is 0.371 e. The lowest BCUT2D eigenvalue weighted by Crippen LogP contribution is -1.92. The monoisotopic (exact) mass is 135 g/mol. The molecule has 0 aliphatic heterocycles. The molecule has 0 aliphatic rings. The molecule has 0 aliphatic carbocycles. The average molecular weight is 135 g/mol. The van der Waals surface area contributed by atoms with E-state index in [1.54, 1.807) is 0 Å². The quantitative estimate of drug-likeness (QED) is 0.341. The van der Waals surface area contributed by atoms with Crippen LogP contribution in [-0.2, 0) is 9.84 Å². The first-order valence-corrected chi connectivity index (χ1v) is 3.31. The van der Waals surface area contributed by atoms with Crippen molar-refractivity contribution in [1.29, 1.82) is 0 Å². The zero-order chi connectivity index (χ0) is 6.24. The van der Waals surface area contributed by atoms with Gasteiger partial charge in [-0.3, -0.25) is 0 Å². The SMILES string of the molecule is [O]CCCCOCS. The highest BCUT2D eigenvalue weighted by Crippen LogP contribution is 1.88. The van der Waals surface area contributed by atoms with Crippen molar-refractivity contribution in [2.24, 2.45) is 0 Å². The fourth-order valence-corrected chi connectivity index (χ4v) is 0.500. The van der Waals surface area contributed by atoms with Crippen molar-refractivity contribution < 1.29 is 9.84 Å². The van der Waals surface area contributed by atoms with Crippen LogP contribution in [0.2, 0.25) is 0 Å². The summed E-state index contributed by atoms with van der Waals surface area (Å²) >= 11 is 3.82. The molecule has 0 aromatic heterocycles. The summed E-state index contributed by atoms with van der Waals surface area (Å²) in [5, 5.41) is 9.82. The molecule has 0 amide bonds. The fraction of sp³-hybridized carbons (Fsp3) is 1.00. The summed E-state index contributed by atoms with van der Waals surface area (Å²) in [7, 11) is 0. The number of unbranched alkanes of at least 4 members (excludes halogenated alkanes) is 1. The Bertz CT molecular complexity index is 35.4. The van der Waals surface area contributed by atoms with Gasteiger partial charge in [0, 0.05) is 6.61 Å². The van der Waals surface area contributed by atoms with Crippen LogP contribution in [0.4, 0.5) is 0 Å². The van der Waals surface area contributed by atoms with Crippen molar-refractivity contribution in [3.8, 4) is 0 Å². The van der Waals surface area contributed by atoms with E-state index in [0.717, 1.165) is 6.42 Å². The number of thiol groups is 1. The Kier molecular flexibility index (Phi) is 7.52. The van der Waals surface area contributed by atoms with Crippen LogP contribution in [0.15, 0.2) is 0 Å². The van der Waals surface area contributed by atoms with Gasteiger partial charge < -0.3 is 4.74 Å². The lowest BCUT2D eigenvalue weighted by atomic mass is 10.3. The Balaban J connectivity index is 2.53. The molecule has 0 atom stereocenters. The van der Waals surface area contributed by atoms with Crippen molar-refractivity contribution in [1.82, 2.24) is 0 Å². The summed E-state index contributed by atoms with van der Waals surface area (Å²) in [6.45, 7) is 0.682. The summed E-state index contributed by atoms with van der Waals surface area (Å²) in [5.74, 6) is 0.457. The van der Waals surface area contributed by atoms with Crippen LogP contribution >= 0.6 is 12.6 Å². The molecule has 2 nitrogen and oxygen atoms in total. The maximum atomic E-state index is 9.82. The maximum Gasteiger partial charge on any atom is 0.0892 e. The van der Waals surface area contributed by atoms with E-state index >= 15 is 0 Å². The minimum Gasteiger partial charge on any atom is -0.371 e. The first-order valence-electron chi connectivity index (χ1n) is 2.68. The van der Waals surface area contributed by atoms with E-state index in [4.69, 9.17) is 4.74 Å². The molecular weight excluding hydrogens is 124 g/mol. The van der Waals surface area contributed by atoms with Crippen molar-refractivity contribution in [2.45, 2.75) is 12.8 Å². The standard InChI is InChI=1S/C5H11O2S/c6-3-1-2-4-7-5-8/h8H,1-5H2. The second kappa shape index (κ2) is 7.27. The third kappa shape index (κ3) is 6.27. The lowest BCUT2D eigenvalue weighted by molar-refractivity contribution is 0.148. The first-order chi connectivity index (χ1) is 3.91. The van der Waals surface area contributed by atoms with Gasteiger partial charge in [-0.25, -0.2) is 5.11 Å². The predicted octanol–water partition coefficient (Wildman–Crippen LogP) is 1.10. The maximum absolute atomic E-state index is 9.82. The van der Waals surface area contributed by atoms with Gasteiger partial charge in [0.05, 0.1) is 12.5 Å². The molecule has 0 bridgehead atoms. The van der Waals surface area contributed by atoms with Crippen LogP contribution in [-0.4, -0.2) is 19.2 Å². The Morgan fingerprint density at radius 3 is 2.62 bits per heavy atom. The summed E-state index contributed by atoms with van der Waals surface area (Å²) in [6, 6.07) is 0. The fourth-order valence-electron chi connectivity index (χ4n) is 0.371. The molecule has 8 heavy (non-hydrogen) atoms. The molecule has 0 saturated carbocycles. The van der Waals surface area contributed by atoms with Crippen LogP contribution in [0.5, 0.6) is 0 Å². The number of hydrogen-bond donors (Lipinski definition) is 1. The number of ether oxygens (including phenoxy) is 1. The van der Waals surface area contributed by atoms with Crippen LogP contribution in [0, 0.1) is 0 Å². The summed E-state index contributed by atoms with van der Waals surface area (Å²) < 4.78 is 4.86. The smallest absolute Gasteiger partial charge is 0.0892 e. The number of rotatable bonds is 5. The second-order valence-corrected chi connectivity index (χ2v) is 1.71. The molecule has 3 heteroatoms. The van der Waals surface area contributed by atoms with E-state index in [1.165, 1.54) is 0 Å². The third-order valence-corrected chi connectivity index (χ3v) is 0.957. The lowest BCUT2D eigenvalue weighted by Gasteiger charge is -1.95. The van der Waals surface area contributed by atoms with Crippen molar-refractivity contribution in [3.05, 3.63) is 0 Å². The Hall–Kier alpha value is 0.270. The van der Waals surface area contributed by atoms with Crippen LogP contribution in [0.1, 0.15) is 12.8 Å². The van der Waals surface area contributed by atoms with E-state index in [1.807, 2.05) is 0 Å². The van der Waals surface area contributed by atoms with Gasteiger partial charge in [0.2, 0.25) is 0 Å². The Morgan fingerprint density at radius 2 is 2.12 bits per heavy atom. The molecule has 49 valence electrons. The topological polar surface area (TPSA) is 29.1 Å². The Labute approximate surface area is 55.3 Å². The zero-order valence-corrected chi connectivity index (χ0v) is 5.69. The minimum atomic E-state index is 0.00985. The summed E-state index contributed by atoms with van der Waals surface area (Å²) in [5.41, 5.74) is 0. The van der Waals surface area contributed by atoms with Gasteiger partial charge in [0.25, 0.3) is 0 Å². The molecule has 0 aromatic rings. The Morgan fingerprint density at radius 1 is 1.38 bits per heavy atom. The molecule has 0 saturated heterocycles. The van der Waals surface area contributed by atoms with E-state index in [-0.39, 0.29) is 6.61 Å². The molecular formula is C5H11O2S. The van der Waals surface area contributed by atoms with Crippen LogP contribution in [0.25, 0.3) is 0 Å². The van der Waals surface area contributed by atoms with Crippen molar-refractivity contribution in [3.63, 3.8) is 0 Å². The second-order valence-electron chi connectivity index (χ2n) is 1.45.